The lowest BCUT2D eigenvalue weighted by Gasteiger charge is -2.36. The molecule has 0 radical (unpaired) electrons. The number of hydrogen-bond acceptors (Lipinski definition) is 3. The molecule has 0 unspecified atom stereocenters. The summed E-state index contributed by atoms with van der Waals surface area (Å²) in [5, 5.41) is 9.47. The fourth-order valence-corrected chi connectivity index (χ4v) is 3.70. The molecule has 0 amide bonds. The van der Waals surface area contributed by atoms with Gasteiger partial charge in [-0.05, 0) is 38.1 Å². The van der Waals surface area contributed by atoms with Crippen LogP contribution in [0.3, 0.4) is 0 Å². The number of carboxylic acid groups (broad SMARTS) is 1. The Morgan fingerprint density at radius 3 is 2.38 bits per heavy atom. The van der Waals surface area contributed by atoms with Gasteiger partial charge in [0, 0.05) is 14.7 Å². The number of carbonyl (C=O) groups is 1. The summed E-state index contributed by atoms with van der Waals surface area (Å²) in [6, 6.07) is 1.15. The highest BCUT2D eigenvalue weighted by atomic mass is 28.3. The Balaban J connectivity index is 2.22. The van der Waals surface area contributed by atoms with Crippen LogP contribution in [0.5, 0.6) is 0 Å². The molecule has 0 atom stereocenters. The highest BCUT2D eigenvalue weighted by Gasteiger charge is 2.41. The van der Waals surface area contributed by atoms with Crippen molar-refractivity contribution in [2.24, 2.45) is 5.41 Å². The lowest BCUT2D eigenvalue weighted by Crippen LogP contribution is -2.37. The van der Waals surface area contributed by atoms with Gasteiger partial charge in [0.25, 0.3) is 0 Å². The first-order valence-corrected chi connectivity index (χ1v) is 11.9. The molecule has 0 heterocycles. The van der Waals surface area contributed by atoms with E-state index in [4.69, 9.17) is 9.47 Å². The molecule has 0 aromatic rings. The van der Waals surface area contributed by atoms with E-state index < -0.39 is 19.5 Å². The maximum absolute atomic E-state index is 11.5. The first-order chi connectivity index (χ1) is 9.79. The van der Waals surface area contributed by atoms with Gasteiger partial charge in [-0.15, -0.1) is 0 Å². The molecule has 0 aliphatic heterocycles. The zero-order chi connectivity index (χ0) is 15.9. The summed E-state index contributed by atoms with van der Waals surface area (Å²) in [6.07, 6.45) is 5.01. The van der Waals surface area contributed by atoms with Crippen molar-refractivity contribution in [1.29, 1.82) is 0 Å². The Kier molecular flexibility index (Phi) is 7.37. The zero-order valence-corrected chi connectivity index (χ0v) is 15.1. The van der Waals surface area contributed by atoms with Crippen molar-refractivity contribution >= 4 is 14.0 Å². The van der Waals surface area contributed by atoms with Crippen LogP contribution >= 0.6 is 0 Å². The smallest absolute Gasteiger partial charge is 0.309 e. The summed E-state index contributed by atoms with van der Waals surface area (Å²) in [6.45, 7) is 10.2. The molecule has 0 aromatic heterocycles. The Labute approximate surface area is 130 Å². The van der Waals surface area contributed by atoms with Gasteiger partial charge in [0.15, 0.2) is 0 Å². The molecule has 0 saturated heterocycles. The Bertz CT molecular complexity index is 317. The fraction of sp³-hybridized carbons (Fsp3) is 0.938. The molecule has 21 heavy (non-hydrogen) atoms. The van der Waals surface area contributed by atoms with Crippen LogP contribution in [0.25, 0.3) is 0 Å². The van der Waals surface area contributed by atoms with Gasteiger partial charge in [-0.2, -0.15) is 0 Å². The largest absolute Gasteiger partial charge is 0.481 e. The molecule has 1 rings (SSSR count). The summed E-state index contributed by atoms with van der Waals surface area (Å²) in [4.78, 5) is 11.5. The molecule has 1 fully saturated rings. The van der Waals surface area contributed by atoms with Crippen LogP contribution in [0.1, 0.15) is 45.4 Å². The number of rotatable bonds is 9. The third-order valence-electron chi connectivity index (χ3n) is 4.46. The van der Waals surface area contributed by atoms with Gasteiger partial charge in [0.1, 0.15) is 6.79 Å². The predicted octanol–water partition coefficient (Wildman–Crippen LogP) is 4.13. The van der Waals surface area contributed by atoms with Gasteiger partial charge in [0.2, 0.25) is 0 Å². The molecular weight excluding hydrogens is 284 g/mol. The summed E-state index contributed by atoms with van der Waals surface area (Å²) < 4.78 is 11.3. The second-order valence-electron chi connectivity index (χ2n) is 7.54. The van der Waals surface area contributed by atoms with Gasteiger partial charge in [-0.1, -0.05) is 33.0 Å². The van der Waals surface area contributed by atoms with E-state index in [0.29, 0.717) is 6.79 Å². The first kappa shape index (κ1) is 18.7. The average Bonchev–Trinajstić information content (AvgIpc) is 2.39. The van der Waals surface area contributed by atoms with E-state index in [9.17, 15) is 9.90 Å². The minimum absolute atomic E-state index is 0.168. The van der Waals surface area contributed by atoms with Crippen molar-refractivity contribution in [3.63, 3.8) is 0 Å². The number of carboxylic acids is 1. The van der Waals surface area contributed by atoms with E-state index in [0.717, 1.165) is 51.2 Å². The van der Waals surface area contributed by atoms with Gasteiger partial charge < -0.3 is 14.6 Å². The Morgan fingerprint density at radius 1 is 1.29 bits per heavy atom. The molecule has 4 nitrogen and oxygen atoms in total. The Morgan fingerprint density at radius 2 is 1.90 bits per heavy atom. The molecule has 124 valence electrons. The Hall–Kier alpha value is -0.393. The van der Waals surface area contributed by atoms with Crippen LogP contribution in [0, 0.1) is 5.41 Å². The predicted molar refractivity (Wildman–Crippen MR) is 87.3 cm³/mol. The van der Waals surface area contributed by atoms with Crippen LogP contribution in [0.2, 0.25) is 25.7 Å². The number of hydrogen-bond donors (Lipinski definition) is 1. The second-order valence-corrected chi connectivity index (χ2v) is 13.2. The molecular formula is C16H32O4Si. The monoisotopic (exact) mass is 316 g/mol. The molecule has 1 N–H and O–H groups in total. The van der Waals surface area contributed by atoms with Crippen molar-refractivity contribution in [1.82, 2.24) is 0 Å². The summed E-state index contributed by atoms with van der Waals surface area (Å²) in [5.74, 6) is -0.630. The molecule has 0 spiro atoms. The highest BCUT2D eigenvalue weighted by molar-refractivity contribution is 6.76. The molecule has 0 bridgehead atoms. The quantitative estimate of drug-likeness (QED) is 0.395. The normalized spacial score (nSPS) is 26.8. The van der Waals surface area contributed by atoms with Crippen molar-refractivity contribution in [3.8, 4) is 0 Å². The zero-order valence-electron chi connectivity index (χ0n) is 14.1. The fourth-order valence-electron chi connectivity index (χ4n) is 2.94. The molecule has 1 saturated carbocycles. The molecule has 1 aliphatic carbocycles. The third kappa shape index (κ3) is 6.49. The maximum Gasteiger partial charge on any atom is 0.309 e. The van der Waals surface area contributed by atoms with E-state index in [1.54, 1.807) is 0 Å². The van der Waals surface area contributed by atoms with E-state index in [2.05, 4.69) is 26.6 Å². The maximum atomic E-state index is 11.5. The topological polar surface area (TPSA) is 55.8 Å². The van der Waals surface area contributed by atoms with Crippen LogP contribution in [0.4, 0.5) is 0 Å². The van der Waals surface area contributed by atoms with Crippen LogP contribution < -0.4 is 0 Å². The third-order valence-corrected chi connectivity index (χ3v) is 6.16. The SMILES string of the molecule is CCCC1(C(=O)O)CCC(OCOCC[Si](C)(C)C)CC1. The summed E-state index contributed by atoms with van der Waals surface area (Å²) in [5.41, 5.74) is -0.507. The van der Waals surface area contributed by atoms with Crippen molar-refractivity contribution in [2.75, 3.05) is 13.4 Å². The van der Waals surface area contributed by atoms with E-state index in [1.165, 1.54) is 0 Å². The molecule has 5 heteroatoms. The summed E-state index contributed by atoms with van der Waals surface area (Å²) >= 11 is 0. The van der Waals surface area contributed by atoms with Crippen molar-refractivity contribution in [2.45, 2.75) is 77.2 Å². The van der Waals surface area contributed by atoms with E-state index >= 15 is 0 Å². The highest BCUT2D eigenvalue weighted by Crippen LogP contribution is 2.41. The average molecular weight is 317 g/mol. The lowest BCUT2D eigenvalue weighted by atomic mass is 9.70. The van der Waals surface area contributed by atoms with Gasteiger partial charge in [-0.25, -0.2) is 0 Å². The van der Waals surface area contributed by atoms with Gasteiger partial charge >= 0.3 is 5.97 Å². The van der Waals surface area contributed by atoms with E-state index in [-0.39, 0.29) is 6.10 Å². The van der Waals surface area contributed by atoms with Crippen molar-refractivity contribution in [3.05, 3.63) is 0 Å². The second kappa shape index (κ2) is 8.29. The molecule has 1 aliphatic rings. The van der Waals surface area contributed by atoms with Gasteiger partial charge in [-0.3, -0.25) is 4.79 Å². The van der Waals surface area contributed by atoms with Crippen LogP contribution in [-0.4, -0.2) is 38.7 Å². The standard InChI is InChI=1S/C16H32O4Si/c1-5-8-16(15(17)18)9-6-14(7-10-16)20-13-19-11-12-21(2,3)4/h14H,5-13H2,1-4H3,(H,17,18). The van der Waals surface area contributed by atoms with Gasteiger partial charge in [0.05, 0.1) is 11.5 Å². The van der Waals surface area contributed by atoms with Crippen molar-refractivity contribution < 1.29 is 19.4 Å². The first-order valence-electron chi connectivity index (χ1n) is 8.22. The lowest BCUT2D eigenvalue weighted by molar-refractivity contribution is -0.156. The summed E-state index contributed by atoms with van der Waals surface area (Å²) in [7, 11) is -1.03. The number of aliphatic carboxylic acids is 1. The van der Waals surface area contributed by atoms with E-state index in [1.807, 2.05) is 0 Å². The van der Waals surface area contributed by atoms with Crippen LogP contribution in [0.15, 0.2) is 0 Å². The minimum Gasteiger partial charge on any atom is -0.481 e. The van der Waals surface area contributed by atoms with Crippen LogP contribution in [-0.2, 0) is 14.3 Å². The number of ether oxygens (including phenoxy) is 2. The minimum atomic E-state index is -1.03. The molecule has 0 aromatic carbocycles.